The van der Waals surface area contributed by atoms with Gasteiger partial charge in [0, 0.05) is 22.9 Å². The number of allylic oxidation sites excluding steroid dienone is 1. The molecule has 5 rings (SSSR count). The zero-order valence-corrected chi connectivity index (χ0v) is 22.7. The summed E-state index contributed by atoms with van der Waals surface area (Å²) in [6, 6.07) is 22.7. The molecule has 0 spiro atoms. The highest BCUT2D eigenvalue weighted by atomic mass is 35.5. The molecule has 0 aliphatic heterocycles. The molecular weight excluding hydrogens is 514 g/mol. The molecule has 1 aliphatic carbocycles. The maximum Gasteiger partial charge on any atom is 0.262 e. The van der Waals surface area contributed by atoms with Gasteiger partial charge in [0.25, 0.3) is 11.5 Å². The molecule has 0 unspecified atom stereocenters. The Balaban J connectivity index is 1.41. The van der Waals surface area contributed by atoms with Crippen LogP contribution in [-0.4, -0.2) is 22.0 Å². The summed E-state index contributed by atoms with van der Waals surface area (Å²) >= 11 is 7.66. The largest absolute Gasteiger partial charge is 0.352 e. The first-order chi connectivity index (χ1) is 18.6. The Kier molecular flexibility index (Phi) is 8.61. The van der Waals surface area contributed by atoms with E-state index in [0.717, 1.165) is 30.4 Å². The van der Waals surface area contributed by atoms with Crippen molar-refractivity contribution < 1.29 is 4.79 Å². The second kappa shape index (κ2) is 12.5. The van der Waals surface area contributed by atoms with E-state index in [1.165, 1.54) is 30.2 Å². The van der Waals surface area contributed by atoms with Crippen LogP contribution >= 0.6 is 23.4 Å². The summed E-state index contributed by atoms with van der Waals surface area (Å²) in [6.45, 7) is 1.02. The smallest absolute Gasteiger partial charge is 0.262 e. The monoisotopic (exact) mass is 543 g/mol. The van der Waals surface area contributed by atoms with Crippen molar-refractivity contribution in [2.45, 2.75) is 49.6 Å². The van der Waals surface area contributed by atoms with Crippen LogP contribution in [0.1, 0.15) is 53.6 Å². The van der Waals surface area contributed by atoms with Gasteiger partial charge in [0.15, 0.2) is 5.16 Å². The molecule has 5 nitrogen and oxygen atoms in total. The van der Waals surface area contributed by atoms with Crippen molar-refractivity contribution >= 4 is 40.2 Å². The van der Waals surface area contributed by atoms with Gasteiger partial charge in [-0.2, -0.15) is 0 Å². The third kappa shape index (κ3) is 6.55. The minimum Gasteiger partial charge on any atom is -0.352 e. The number of nitrogens with one attached hydrogen (secondary N) is 1. The predicted octanol–water partition coefficient (Wildman–Crippen LogP) is 7.01. The van der Waals surface area contributed by atoms with E-state index < -0.39 is 0 Å². The summed E-state index contributed by atoms with van der Waals surface area (Å²) in [4.78, 5) is 31.4. The number of rotatable bonds is 9. The highest BCUT2D eigenvalue weighted by Crippen LogP contribution is 2.25. The van der Waals surface area contributed by atoms with Gasteiger partial charge >= 0.3 is 0 Å². The number of amides is 1. The molecule has 0 fully saturated rings. The molecule has 38 heavy (non-hydrogen) atoms. The van der Waals surface area contributed by atoms with Crippen LogP contribution in [0.5, 0.6) is 0 Å². The molecular formula is C31H30ClN3O2S. The Morgan fingerprint density at radius 1 is 1.00 bits per heavy atom. The van der Waals surface area contributed by atoms with Crippen LogP contribution in [-0.2, 0) is 12.3 Å². The summed E-state index contributed by atoms with van der Waals surface area (Å²) in [5.41, 5.74) is 4.40. The Labute approximate surface area is 231 Å². The number of thioether (sulfide) groups is 1. The van der Waals surface area contributed by atoms with Crippen LogP contribution in [0.2, 0.25) is 5.02 Å². The lowest BCUT2D eigenvalue weighted by atomic mass is 9.97. The number of nitrogens with zero attached hydrogens (tertiary/aromatic N) is 2. The molecule has 3 aromatic carbocycles. The molecule has 1 N–H and O–H groups in total. The van der Waals surface area contributed by atoms with Gasteiger partial charge < -0.3 is 5.32 Å². The number of fused-ring (bicyclic) bond motifs is 1. The van der Waals surface area contributed by atoms with E-state index in [1.54, 1.807) is 22.8 Å². The van der Waals surface area contributed by atoms with Crippen molar-refractivity contribution in [1.82, 2.24) is 14.9 Å². The summed E-state index contributed by atoms with van der Waals surface area (Å²) in [5, 5.41) is 4.80. The third-order valence-corrected chi connectivity index (χ3v) is 8.02. The van der Waals surface area contributed by atoms with Gasteiger partial charge in [0.1, 0.15) is 0 Å². The summed E-state index contributed by atoms with van der Waals surface area (Å²) in [7, 11) is 0. The van der Waals surface area contributed by atoms with Crippen LogP contribution in [0.15, 0.2) is 94.4 Å². The SMILES string of the molecule is O=C(NCCC1=CCCCC1)c1ccc2c(=O)n(Cc3ccccc3)c(SCc3cccc(Cl)c3)nc2c1. The minimum atomic E-state index is -0.147. The van der Waals surface area contributed by atoms with Crippen molar-refractivity contribution in [2.75, 3.05) is 6.54 Å². The Morgan fingerprint density at radius 3 is 2.63 bits per heavy atom. The second-order valence-electron chi connectivity index (χ2n) is 9.54. The summed E-state index contributed by atoms with van der Waals surface area (Å²) in [6.07, 6.45) is 7.94. The van der Waals surface area contributed by atoms with Crippen LogP contribution in [0.4, 0.5) is 0 Å². The van der Waals surface area contributed by atoms with Gasteiger partial charge in [-0.1, -0.05) is 77.5 Å². The van der Waals surface area contributed by atoms with E-state index in [9.17, 15) is 9.59 Å². The van der Waals surface area contributed by atoms with E-state index in [-0.39, 0.29) is 11.5 Å². The molecule has 4 aromatic rings. The van der Waals surface area contributed by atoms with Crippen molar-refractivity contribution in [2.24, 2.45) is 0 Å². The van der Waals surface area contributed by atoms with Crippen LogP contribution in [0.3, 0.4) is 0 Å². The van der Waals surface area contributed by atoms with E-state index in [0.29, 0.717) is 45.5 Å². The van der Waals surface area contributed by atoms with Gasteiger partial charge in [0.2, 0.25) is 0 Å². The average Bonchev–Trinajstić information content (AvgIpc) is 2.94. The number of aromatic nitrogens is 2. The zero-order valence-electron chi connectivity index (χ0n) is 21.2. The van der Waals surface area contributed by atoms with Crippen LogP contribution < -0.4 is 10.9 Å². The number of carbonyl (C=O) groups excluding carboxylic acids is 1. The predicted molar refractivity (Wildman–Crippen MR) is 156 cm³/mol. The zero-order chi connectivity index (χ0) is 26.3. The van der Waals surface area contributed by atoms with Crippen molar-refractivity contribution in [1.29, 1.82) is 0 Å². The Bertz CT molecular complexity index is 1530. The molecule has 0 radical (unpaired) electrons. The fourth-order valence-corrected chi connectivity index (χ4v) is 5.86. The van der Waals surface area contributed by atoms with Gasteiger partial charge in [-0.25, -0.2) is 4.98 Å². The van der Waals surface area contributed by atoms with Crippen molar-refractivity contribution in [3.8, 4) is 0 Å². The van der Waals surface area contributed by atoms with E-state index in [4.69, 9.17) is 16.6 Å². The maximum absolute atomic E-state index is 13.6. The highest BCUT2D eigenvalue weighted by molar-refractivity contribution is 7.98. The average molecular weight is 544 g/mol. The molecule has 1 aliphatic rings. The lowest BCUT2D eigenvalue weighted by Crippen LogP contribution is -2.26. The van der Waals surface area contributed by atoms with Gasteiger partial charge in [-0.15, -0.1) is 0 Å². The lowest BCUT2D eigenvalue weighted by Gasteiger charge is -2.14. The second-order valence-corrected chi connectivity index (χ2v) is 10.9. The summed E-state index contributed by atoms with van der Waals surface area (Å²) < 4.78 is 1.71. The first-order valence-corrected chi connectivity index (χ1v) is 14.3. The molecule has 1 amide bonds. The maximum atomic E-state index is 13.6. The number of hydrogen-bond acceptors (Lipinski definition) is 4. The van der Waals surface area contributed by atoms with Crippen LogP contribution in [0.25, 0.3) is 10.9 Å². The molecule has 7 heteroatoms. The molecule has 0 atom stereocenters. The normalized spacial score (nSPS) is 13.3. The van der Waals surface area contributed by atoms with E-state index >= 15 is 0 Å². The molecule has 1 aromatic heterocycles. The standard InChI is InChI=1S/C31H30ClN3O2S/c32-26-13-7-12-24(18-26)21-38-31-34-28-19-25(29(36)33-17-16-22-8-3-1-4-9-22)14-15-27(28)30(37)35(31)20-23-10-5-2-6-11-23/h2,5-8,10-15,18-19H,1,3-4,9,16-17,20-21H2,(H,33,36). The molecule has 0 bridgehead atoms. The van der Waals surface area contributed by atoms with Gasteiger partial charge in [-0.05, 0) is 73.6 Å². The number of hydrogen-bond donors (Lipinski definition) is 1. The topological polar surface area (TPSA) is 64.0 Å². The van der Waals surface area contributed by atoms with E-state index in [2.05, 4.69) is 11.4 Å². The molecule has 0 saturated carbocycles. The minimum absolute atomic E-state index is 0.122. The third-order valence-electron chi connectivity index (χ3n) is 6.74. The van der Waals surface area contributed by atoms with Gasteiger partial charge in [0.05, 0.1) is 17.4 Å². The molecule has 194 valence electrons. The fourth-order valence-electron chi connectivity index (χ4n) is 4.70. The van der Waals surface area contributed by atoms with Crippen LogP contribution in [0, 0.1) is 0 Å². The Hall–Kier alpha value is -3.35. The van der Waals surface area contributed by atoms with Crippen molar-refractivity contribution in [3.05, 3.63) is 117 Å². The first-order valence-electron chi connectivity index (χ1n) is 13.0. The van der Waals surface area contributed by atoms with Crippen molar-refractivity contribution in [3.63, 3.8) is 0 Å². The van der Waals surface area contributed by atoms with Gasteiger partial charge in [-0.3, -0.25) is 14.2 Å². The number of halogens is 1. The molecule has 1 heterocycles. The highest BCUT2D eigenvalue weighted by Gasteiger charge is 2.15. The van der Waals surface area contributed by atoms with E-state index in [1.807, 2.05) is 54.6 Å². The number of carbonyl (C=O) groups is 1. The fraction of sp³-hybridized carbons (Fsp3) is 0.258. The summed E-state index contributed by atoms with van der Waals surface area (Å²) in [5.74, 6) is 0.468. The first kappa shape index (κ1) is 26.3. The molecule has 0 saturated heterocycles. The Morgan fingerprint density at radius 2 is 1.84 bits per heavy atom. The number of benzene rings is 3. The lowest BCUT2D eigenvalue weighted by molar-refractivity contribution is 0.0954. The quantitative estimate of drug-likeness (QED) is 0.140.